The summed E-state index contributed by atoms with van der Waals surface area (Å²) in [6.07, 6.45) is -0.202. The monoisotopic (exact) mass is 312 g/mol. The molecule has 0 bridgehead atoms. The Morgan fingerprint density at radius 3 is 2.10 bits per heavy atom. The van der Waals surface area contributed by atoms with E-state index >= 15 is 0 Å². The van der Waals surface area contributed by atoms with Gasteiger partial charge in [0, 0.05) is 11.5 Å². The average Bonchev–Trinajstić information content (AvgIpc) is 2.37. The standard InChI is InChI=1S/C16H25O4P/c1-12(2)19-16(17)14(5)11-21(18,20-13(3)4)15-9-7-6-8-10-15/h6-10,12-14H,11H2,1-5H3. The summed E-state index contributed by atoms with van der Waals surface area (Å²) in [6, 6.07) is 9.07. The van der Waals surface area contributed by atoms with E-state index in [9.17, 15) is 9.36 Å². The molecule has 0 saturated heterocycles. The van der Waals surface area contributed by atoms with Crippen LogP contribution < -0.4 is 5.30 Å². The average molecular weight is 312 g/mol. The first-order chi connectivity index (χ1) is 9.74. The number of carbonyl (C=O) groups is 1. The van der Waals surface area contributed by atoms with Crippen molar-refractivity contribution >= 4 is 18.6 Å². The summed E-state index contributed by atoms with van der Waals surface area (Å²) in [6.45, 7) is 9.00. The minimum atomic E-state index is -3.08. The molecule has 21 heavy (non-hydrogen) atoms. The van der Waals surface area contributed by atoms with E-state index in [1.54, 1.807) is 32.9 Å². The molecule has 2 unspecified atom stereocenters. The zero-order valence-corrected chi connectivity index (χ0v) is 14.3. The summed E-state index contributed by atoms with van der Waals surface area (Å²) in [4.78, 5) is 11.9. The van der Waals surface area contributed by atoms with E-state index in [0.29, 0.717) is 5.30 Å². The highest BCUT2D eigenvalue weighted by Crippen LogP contribution is 2.48. The maximum Gasteiger partial charge on any atom is 0.309 e. The van der Waals surface area contributed by atoms with Crippen LogP contribution in [0.1, 0.15) is 34.6 Å². The van der Waals surface area contributed by atoms with Crippen molar-refractivity contribution in [1.29, 1.82) is 0 Å². The number of hydrogen-bond donors (Lipinski definition) is 0. The van der Waals surface area contributed by atoms with Crippen molar-refractivity contribution in [3.8, 4) is 0 Å². The van der Waals surface area contributed by atoms with Crippen LogP contribution >= 0.6 is 7.37 Å². The van der Waals surface area contributed by atoms with Gasteiger partial charge in [0.15, 0.2) is 0 Å². The van der Waals surface area contributed by atoms with Gasteiger partial charge in [-0.05, 0) is 39.8 Å². The van der Waals surface area contributed by atoms with E-state index in [1.165, 1.54) is 0 Å². The minimum Gasteiger partial charge on any atom is -0.463 e. The zero-order valence-electron chi connectivity index (χ0n) is 13.4. The van der Waals surface area contributed by atoms with Gasteiger partial charge < -0.3 is 9.26 Å². The van der Waals surface area contributed by atoms with Crippen molar-refractivity contribution in [1.82, 2.24) is 0 Å². The molecule has 0 aliphatic heterocycles. The topological polar surface area (TPSA) is 52.6 Å². The normalized spacial score (nSPS) is 15.8. The molecular formula is C16H25O4P. The lowest BCUT2D eigenvalue weighted by atomic mass is 10.2. The van der Waals surface area contributed by atoms with Crippen molar-refractivity contribution in [2.75, 3.05) is 6.16 Å². The molecule has 0 amide bonds. The van der Waals surface area contributed by atoms with Gasteiger partial charge in [-0.15, -0.1) is 0 Å². The lowest BCUT2D eigenvalue weighted by molar-refractivity contribution is -0.151. The highest BCUT2D eigenvalue weighted by molar-refractivity contribution is 7.67. The second-order valence-corrected chi connectivity index (χ2v) is 8.17. The van der Waals surface area contributed by atoms with Crippen molar-refractivity contribution in [2.24, 2.45) is 5.92 Å². The number of carbonyl (C=O) groups excluding carboxylic acids is 1. The van der Waals surface area contributed by atoms with Crippen molar-refractivity contribution in [3.63, 3.8) is 0 Å². The molecular weight excluding hydrogens is 287 g/mol. The minimum absolute atomic E-state index is 0.154. The predicted octanol–water partition coefficient (Wildman–Crippen LogP) is 3.60. The zero-order chi connectivity index (χ0) is 16.0. The lowest BCUT2D eigenvalue weighted by Crippen LogP contribution is -2.25. The highest BCUT2D eigenvalue weighted by Gasteiger charge is 2.32. The van der Waals surface area contributed by atoms with Crippen molar-refractivity contribution < 1.29 is 18.6 Å². The molecule has 0 spiro atoms. The van der Waals surface area contributed by atoms with Crippen molar-refractivity contribution in [2.45, 2.75) is 46.8 Å². The first-order valence-corrected chi connectivity index (χ1v) is 9.09. The van der Waals surface area contributed by atoms with E-state index in [4.69, 9.17) is 9.26 Å². The van der Waals surface area contributed by atoms with Crippen LogP contribution in [0.15, 0.2) is 30.3 Å². The Morgan fingerprint density at radius 2 is 1.62 bits per heavy atom. The molecule has 1 aromatic rings. The van der Waals surface area contributed by atoms with Crippen LogP contribution in [0.4, 0.5) is 0 Å². The molecule has 0 aromatic heterocycles. The van der Waals surface area contributed by atoms with Gasteiger partial charge >= 0.3 is 5.97 Å². The van der Waals surface area contributed by atoms with Crippen LogP contribution in [0.2, 0.25) is 0 Å². The molecule has 0 heterocycles. The van der Waals surface area contributed by atoms with Gasteiger partial charge in [0.05, 0.1) is 18.1 Å². The smallest absolute Gasteiger partial charge is 0.309 e. The van der Waals surface area contributed by atoms with Crippen LogP contribution in [0.3, 0.4) is 0 Å². The molecule has 0 saturated carbocycles. The lowest BCUT2D eigenvalue weighted by Gasteiger charge is -2.24. The predicted molar refractivity (Wildman–Crippen MR) is 85.2 cm³/mol. The summed E-state index contributed by atoms with van der Waals surface area (Å²) >= 11 is 0. The molecule has 0 fully saturated rings. The summed E-state index contributed by atoms with van der Waals surface area (Å²) < 4.78 is 24.1. The number of rotatable bonds is 7. The first kappa shape index (κ1) is 17.9. The molecule has 1 aromatic carbocycles. The van der Waals surface area contributed by atoms with Gasteiger partial charge in [-0.1, -0.05) is 25.1 Å². The van der Waals surface area contributed by atoms with Crippen LogP contribution in [-0.2, 0) is 18.6 Å². The van der Waals surface area contributed by atoms with E-state index < -0.39 is 13.3 Å². The van der Waals surface area contributed by atoms with E-state index in [2.05, 4.69) is 0 Å². The summed E-state index contributed by atoms with van der Waals surface area (Å²) in [7, 11) is -3.08. The second kappa shape index (κ2) is 7.77. The Kier molecular flexibility index (Phi) is 6.63. The summed E-state index contributed by atoms with van der Waals surface area (Å²) in [5.41, 5.74) is 0. The number of hydrogen-bond acceptors (Lipinski definition) is 4. The molecule has 4 nitrogen and oxygen atoms in total. The van der Waals surface area contributed by atoms with Gasteiger partial charge in [-0.3, -0.25) is 9.36 Å². The van der Waals surface area contributed by atoms with Crippen molar-refractivity contribution in [3.05, 3.63) is 30.3 Å². The Labute approximate surface area is 127 Å². The molecule has 118 valence electrons. The van der Waals surface area contributed by atoms with E-state index in [0.717, 1.165) is 0 Å². The fraction of sp³-hybridized carbons (Fsp3) is 0.562. The fourth-order valence-electron chi connectivity index (χ4n) is 1.99. The first-order valence-electron chi connectivity index (χ1n) is 7.28. The van der Waals surface area contributed by atoms with Crippen LogP contribution in [0.25, 0.3) is 0 Å². The van der Waals surface area contributed by atoms with Crippen LogP contribution in [0, 0.1) is 5.92 Å². The SMILES string of the molecule is CC(C)OC(=O)C(C)CP(=O)(OC(C)C)c1ccccc1. The molecule has 2 atom stereocenters. The number of esters is 1. The molecule has 1 rings (SSSR count). The molecule has 0 aliphatic carbocycles. The number of benzene rings is 1. The maximum atomic E-state index is 13.2. The van der Waals surface area contributed by atoms with Gasteiger partial charge in [0.25, 0.3) is 0 Å². The quantitative estimate of drug-likeness (QED) is 0.570. The van der Waals surface area contributed by atoms with Gasteiger partial charge in [0.1, 0.15) is 0 Å². The molecule has 5 heteroatoms. The summed E-state index contributed by atoms with van der Waals surface area (Å²) in [5, 5.41) is 0.642. The Balaban J connectivity index is 2.94. The maximum absolute atomic E-state index is 13.2. The van der Waals surface area contributed by atoms with E-state index in [-0.39, 0.29) is 24.3 Å². The Hall–Kier alpha value is -1.12. The van der Waals surface area contributed by atoms with E-state index in [1.807, 2.05) is 32.0 Å². The second-order valence-electron chi connectivity index (χ2n) is 5.73. The highest BCUT2D eigenvalue weighted by atomic mass is 31.2. The third-order valence-electron chi connectivity index (χ3n) is 2.80. The largest absolute Gasteiger partial charge is 0.463 e. The van der Waals surface area contributed by atoms with Gasteiger partial charge in [0.2, 0.25) is 7.37 Å². The van der Waals surface area contributed by atoms with Gasteiger partial charge in [-0.2, -0.15) is 0 Å². The molecule has 0 radical (unpaired) electrons. The molecule has 0 N–H and O–H groups in total. The third kappa shape index (κ3) is 5.64. The van der Waals surface area contributed by atoms with Gasteiger partial charge in [-0.25, -0.2) is 0 Å². The Morgan fingerprint density at radius 1 is 1.05 bits per heavy atom. The summed E-state index contributed by atoms with van der Waals surface area (Å²) in [5.74, 6) is -0.814. The fourth-order valence-corrected chi connectivity index (χ4v) is 4.58. The Bertz CT molecular complexity index is 496. The third-order valence-corrected chi connectivity index (χ3v) is 5.67. The molecule has 0 aliphatic rings. The van der Waals surface area contributed by atoms with Crippen LogP contribution in [0.5, 0.6) is 0 Å². The van der Waals surface area contributed by atoms with Crippen LogP contribution in [-0.4, -0.2) is 24.3 Å². The number of ether oxygens (including phenoxy) is 1.